The van der Waals surface area contributed by atoms with Crippen LogP contribution in [0.15, 0.2) is 33.2 Å². The normalized spacial score (nSPS) is 17.2. The number of hydrogen-bond donors (Lipinski definition) is 0. The van der Waals surface area contributed by atoms with Gasteiger partial charge >= 0.3 is 0 Å². The van der Waals surface area contributed by atoms with Crippen LogP contribution in [-0.4, -0.2) is 15.4 Å². The number of hydrogen-bond acceptors (Lipinski definition) is 5. The molecule has 4 rings (SSSR count). The van der Waals surface area contributed by atoms with Gasteiger partial charge in [0.2, 0.25) is 5.89 Å². The third-order valence-corrected chi connectivity index (χ3v) is 4.48. The van der Waals surface area contributed by atoms with Crippen molar-refractivity contribution in [2.24, 2.45) is 5.92 Å². The molecule has 0 saturated carbocycles. The topological polar surface area (TPSA) is 65.0 Å². The maximum Gasteiger partial charge on any atom is 0.270 e. The molecule has 3 aromatic rings. The average molecular weight is 330 g/mol. The van der Waals surface area contributed by atoms with E-state index < -0.39 is 0 Å². The molecule has 118 valence electrons. The Kier molecular flexibility index (Phi) is 3.65. The fourth-order valence-electron chi connectivity index (χ4n) is 2.94. The number of nitrogens with zero attached hydrogens (tertiary/aromatic N) is 3. The molecule has 2 heterocycles. The van der Waals surface area contributed by atoms with Crippen LogP contribution in [0.3, 0.4) is 0 Å². The lowest BCUT2D eigenvalue weighted by atomic mass is 9.88. The van der Waals surface area contributed by atoms with Crippen molar-refractivity contribution < 1.29 is 8.94 Å². The second-order valence-electron chi connectivity index (χ2n) is 6.09. The van der Waals surface area contributed by atoms with Crippen molar-refractivity contribution in [2.75, 3.05) is 0 Å². The highest BCUT2D eigenvalue weighted by Crippen LogP contribution is 2.32. The summed E-state index contributed by atoms with van der Waals surface area (Å²) >= 11 is 5.90. The minimum Gasteiger partial charge on any atom is -0.419 e. The van der Waals surface area contributed by atoms with Crippen LogP contribution in [0.4, 0.5) is 0 Å². The molecule has 0 amide bonds. The van der Waals surface area contributed by atoms with Gasteiger partial charge in [-0.3, -0.25) is 0 Å². The summed E-state index contributed by atoms with van der Waals surface area (Å²) in [5, 5.41) is 13.1. The van der Waals surface area contributed by atoms with E-state index >= 15 is 0 Å². The van der Waals surface area contributed by atoms with E-state index in [-0.39, 0.29) is 0 Å². The first kappa shape index (κ1) is 14.5. The molecule has 0 radical (unpaired) electrons. The molecule has 0 spiro atoms. The predicted octanol–water partition coefficient (Wildman–Crippen LogP) is 4.09. The fraction of sp³-hybridized carbons (Fsp3) is 0.353. The van der Waals surface area contributed by atoms with Gasteiger partial charge in [0.25, 0.3) is 5.89 Å². The molecule has 1 aromatic carbocycles. The van der Waals surface area contributed by atoms with Crippen LogP contribution < -0.4 is 0 Å². The van der Waals surface area contributed by atoms with Crippen molar-refractivity contribution in [1.82, 2.24) is 15.4 Å². The molecule has 6 heteroatoms. The van der Waals surface area contributed by atoms with E-state index in [1.54, 1.807) is 0 Å². The Hall–Kier alpha value is -2.14. The molecule has 23 heavy (non-hydrogen) atoms. The van der Waals surface area contributed by atoms with Gasteiger partial charge in [-0.05, 0) is 36.5 Å². The standard InChI is InChI=1S/C17H16ClN3O2/c1-10-2-7-14-13(8-10)16(21-23-14)17-20-19-15(22-17)9-11-3-5-12(18)6-4-11/h3-6,10H,2,7-9H2,1H3. The summed E-state index contributed by atoms with van der Waals surface area (Å²) in [4.78, 5) is 0. The van der Waals surface area contributed by atoms with Gasteiger partial charge in [-0.2, -0.15) is 0 Å². The summed E-state index contributed by atoms with van der Waals surface area (Å²) < 4.78 is 11.2. The number of aromatic nitrogens is 3. The maximum absolute atomic E-state index is 5.90. The van der Waals surface area contributed by atoms with Gasteiger partial charge in [0, 0.05) is 17.0 Å². The second kappa shape index (κ2) is 5.81. The van der Waals surface area contributed by atoms with Crippen molar-refractivity contribution in [3.8, 4) is 11.6 Å². The van der Waals surface area contributed by atoms with Crippen molar-refractivity contribution >= 4 is 11.6 Å². The molecule has 0 N–H and O–H groups in total. The highest BCUT2D eigenvalue weighted by Gasteiger charge is 2.26. The molecule has 0 bridgehead atoms. The molecule has 1 atom stereocenters. The summed E-state index contributed by atoms with van der Waals surface area (Å²) in [6.07, 6.45) is 3.58. The molecular weight excluding hydrogens is 314 g/mol. The zero-order valence-electron chi connectivity index (χ0n) is 12.8. The molecule has 0 saturated heterocycles. The van der Waals surface area contributed by atoms with Crippen molar-refractivity contribution in [2.45, 2.75) is 32.6 Å². The molecule has 1 aliphatic rings. The average Bonchev–Trinajstić information content (AvgIpc) is 3.15. The number of fused-ring (bicyclic) bond motifs is 1. The zero-order chi connectivity index (χ0) is 15.8. The van der Waals surface area contributed by atoms with Gasteiger partial charge in [0.1, 0.15) is 5.76 Å². The lowest BCUT2D eigenvalue weighted by Crippen LogP contribution is -2.09. The minimum atomic E-state index is 0.438. The van der Waals surface area contributed by atoms with Crippen LogP contribution in [0.25, 0.3) is 11.6 Å². The summed E-state index contributed by atoms with van der Waals surface area (Å²) in [7, 11) is 0. The highest BCUT2D eigenvalue weighted by molar-refractivity contribution is 6.30. The highest BCUT2D eigenvalue weighted by atomic mass is 35.5. The molecule has 0 aliphatic heterocycles. The molecule has 0 fully saturated rings. The molecular formula is C17H16ClN3O2. The monoisotopic (exact) mass is 329 g/mol. The lowest BCUT2D eigenvalue weighted by Gasteiger charge is -2.15. The maximum atomic E-state index is 5.90. The van der Waals surface area contributed by atoms with Gasteiger partial charge in [0.05, 0.1) is 6.42 Å². The van der Waals surface area contributed by atoms with Crippen molar-refractivity contribution in [1.29, 1.82) is 0 Å². The molecule has 1 unspecified atom stereocenters. The Bertz CT molecular complexity index is 823. The van der Waals surface area contributed by atoms with Gasteiger partial charge in [-0.1, -0.05) is 35.8 Å². The largest absolute Gasteiger partial charge is 0.419 e. The minimum absolute atomic E-state index is 0.438. The quantitative estimate of drug-likeness (QED) is 0.724. The van der Waals surface area contributed by atoms with E-state index in [1.807, 2.05) is 24.3 Å². The van der Waals surface area contributed by atoms with E-state index in [0.29, 0.717) is 34.8 Å². The van der Waals surface area contributed by atoms with Crippen LogP contribution in [0.2, 0.25) is 5.02 Å². The van der Waals surface area contributed by atoms with E-state index in [9.17, 15) is 0 Å². The summed E-state index contributed by atoms with van der Waals surface area (Å²) in [5.74, 6) is 2.57. The van der Waals surface area contributed by atoms with E-state index in [4.69, 9.17) is 20.5 Å². The summed E-state index contributed by atoms with van der Waals surface area (Å²) in [5.41, 5.74) is 2.88. The number of benzene rings is 1. The summed E-state index contributed by atoms with van der Waals surface area (Å²) in [6.45, 7) is 2.24. The first-order valence-corrected chi connectivity index (χ1v) is 8.11. The Morgan fingerprint density at radius 3 is 2.87 bits per heavy atom. The molecule has 5 nitrogen and oxygen atoms in total. The third-order valence-electron chi connectivity index (χ3n) is 4.22. The van der Waals surface area contributed by atoms with Gasteiger partial charge in [-0.25, -0.2) is 0 Å². The lowest BCUT2D eigenvalue weighted by molar-refractivity contribution is 0.356. The summed E-state index contributed by atoms with van der Waals surface area (Å²) in [6, 6.07) is 7.60. The van der Waals surface area contributed by atoms with Crippen LogP contribution in [0, 0.1) is 5.92 Å². The Labute approximate surface area is 138 Å². The van der Waals surface area contributed by atoms with Crippen molar-refractivity contribution in [3.05, 3.63) is 52.1 Å². The van der Waals surface area contributed by atoms with E-state index in [0.717, 1.165) is 36.1 Å². The Morgan fingerprint density at radius 2 is 2.04 bits per heavy atom. The number of aryl methyl sites for hydroxylation is 1. The molecule has 1 aliphatic carbocycles. The van der Waals surface area contributed by atoms with E-state index in [1.165, 1.54) is 0 Å². The van der Waals surface area contributed by atoms with Crippen LogP contribution >= 0.6 is 11.6 Å². The van der Waals surface area contributed by atoms with E-state index in [2.05, 4.69) is 22.3 Å². The number of rotatable bonds is 3. The van der Waals surface area contributed by atoms with Crippen LogP contribution in [0.1, 0.15) is 36.1 Å². The van der Waals surface area contributed by atoms with Gasteiger partial charge in [-0.15, -0.1) is 10.2 Å². The first-order chi connectivity index (χ1) is 11.2. The SMILES string of the molecule is CC1CCc2onc(-c3nnc(Cc4ccc(Cl)cc4)o3)c2C1. The van der Waals surface area contributed by atoms with Crippen LogP contribution in [-0.2, 0) is 19.3 Å². The van der Waals surface area contributed by atoms with Gasteiger partial charge < -0.3 is 8.94 Å². The van der Waals surface area contributed by atoms with Crippen LogP contribution in [0.5, 0.6) is 0 Å². The fourth-order valence-corrected chi connectivity index (χ4v) is 3.07. The second-order valence-corrected chi connectivity index (χ2v) is 6.52. The number of halogens is 1. The first-order valence-electron chi connectivity index (χ1n) is 7.73. The molecule has 2 aromatic heterocycles. The third kappa shape index (κ3) is 2.88. The zero-order valence-corrected chi connectivity index (χ0v) is 13.5. The smallest absolute Gasteiger partial charge is 0.270 e. The predicted molar refractivity (Wildman–Crippen MR) is 85.2 cm³/mol. The Morgan fingerprint density at radius 1 is 1.22 bits per heavy atom. The van der Waals surface area contributed by atoms with Gasteiger partial charge in [0.15, 0.2) is 5.69 Å². The Balaban J connectivity index is 1.59. The van der Waals surface area contributed by atoms with Crippen molar-refractivity contribution in [3.63, 3.8) is 0 Å².